The molecule has 0 bridgehead atoms. The van der Waals surface area contributed by atoms with E-state index < -0.39 is 0 Å². The quantitative estimate of drug-likeness (QED) is 0.572. The Kier molecular flexibility index (Phi) is 5.56. The second-order valence-electron chi connectivity index (χ2n) is 5.78. The molecule has 3 rings (SSSR count). The molecule has 0 spiro atoms. The molecule has 25 heavy (non-hydrogen) atoms. The van der Waals surface area contributed by atoms with E-state index in [1.807, 2.05) is 79.7 Å². The zero-order valence-electron chi connectivity index (χ0n) is 14.1. The number of hydrogen-bond acceptors (Lipinski definition) is 3. The summed E-state index contributed by atoms with van der Waals surface area (Å²) in [6.45, 7) is 1.88. The summed E-state index contributed by atoms with van der Waals surface area (Å²) in [4.78, 5) is 12.7. The van der Waals surface area contributed by atoms with Gasteiger partial charge in [-0.25, -0.2) is 0 Å². The van der Waals surface area contributed by atoms with E-state index in [-0.39, 0.29) is 11.5 Å². The van der Waals surface area contributed by atoms with Crippen molar-refractivity contribution in [3.05, 3.63) is 72.8 Å². The van der Waals surface area contributed by atoms with Gasteiger partial charge < -0.3 is 5.11 Å². The molecule has 0 aliphatic heterocycles. The van der Waals surface area contributed by atoms with Gasteiger partial charge in [0.1, 0.15) is 11.5 Å². The van der Waals surface area contributed by atoms with E-state index in [2.05, 4.69) is 0 Å². The Hall–Kier alpha value is -2.52. The Morgan fingerprint density at radius 2 is 1.36 bits per heavy atom. The van der Waals surface area contributed by atoms with Gasteiger partial charge in [-0.1, -0.05) is 67.6 Å². The maximum atomic E-state index is 11.7. The van der Waals surface area contributed by atoms with Crippen molar-refractivity contribution in [3.8, 4) is 28.0 Å². The minimum Gasteiger partial charge on any atom is -0.507 e. The third-order valence-corrected chi connectivity index (χ3v) is 5.08. The number of carbonyl (C=O) groups excluding carboxylic acids is 1. The lowest BCUT2D eigenvalue weighted by molar-refractivity contribution is -0.116. The van der Waals surface area contributed by atoms with Crippen LogP contribution >= 0.6 is 11.8 Å². The van der Waals surface area contributed by atoms with E-state index in [9.17, 15) is 9.90 Å². The highest BCUT2D eigenvalue weighted by Gasteiger charge is 2.14. The van der Waals surface area contributed by atoms with Gasteiger partial charge >= 0.3 is 0 Å². The molecule has 1 N–H and O–H groups in total. The minimum absolute atomic E-state index is 0.223. The van der Waals surface area contributed by atoms with Crippen molar-refractivity contribution in [2.24, 2.45) is 0 Å². The SMILES string of the molecule is CCC(=O)CSc1cc(-c2ccccc2)c(O)c(-c2ccccc2)c1. The van der Waals surface area contributed by atoms with Crippen LogP contribution in [-0.2, 0) is 4.79 Å². The number of carbonyl (C=O) groups is 1. The number of rotatable bonds is 6. The molecule has 0 saturated carbocycles. The van der Waals surface area contributed by atoms with Crippen LogP contribution in [0.5, 0.6) is 5.75 Å². The van der Waals surface area contributed by atoms with Gasteiger partial charge in [0, 0.05) is 22.4 Å². The molecular formula is C22H20O2S. The molecule has 0 heterocycles. The van der Waals surface area contributed by atoms with Crippen molar-refractivity contribution in [1.82, 2.24) is 0 Å². The van der Waals surface area contributed by atoms with Gasteiger partial charge in [-0.05, 0) is 23.3 Å². The lowest BCUT2D eigenvalue weighted by Gasteiger charge is -2.13. The summed E-state index contributed by atoms with van der Waals surface area (Å²) in [5, 5.41) is 10.9. The number of phenolic OH excluding ortho intramolecular Hbond substituents is 1. The van der Waals surface area contributed by atoms with Crippen molar-refractivity contribution >= 4 is 17.5 Å². The fraction of sp³-hybridized carbons (Fsp3) is 0.136. The Morgan fingerprint density at radius 3 is 1.80 bits per heavy atom. The van der Waals surface area contributed by atoms with Gasteiger partial charge in [-0.3, -0.25) is 4.79 Å². The maximum Gasteiger partial charge on any atom is 0.142 e. The van der Waals surface area contributed by atoms with E-state index in [0.717, 1.165) is 27.1 Å². The van der Waals surface area contributed by atoms with Gasteiger partial charge in [0.2, 0.25) is 0 Å². The minimum atomic E-state index is 0.223. The first-order valence-corrected chi connectivity index (χ1v) is 9.30. The van der Waals surface area contributed by atoms with Gasteiger partial charge in [-0.2, -0.15) is 0 Å². The Bertz CT molecular complexity index is 797. The zero-order chi connectivity index (χ0) is 17.6. The molecule has 0 amide bonds. The summed E-state index contributed by atoms with van der Waals surface area (Å²) in [7, 11) is 0. The smallest absolute Gasteiger partial charge is 0.142 e. The third-order valence-electron chi connectivity index (χ3n) is 4.05. The Balaban J connectivity index is 2.09. The first-order chi connectivity index (χ1) is 12.2. The number of phenols is 1. The first-order valence-electron chi connectivity index (χ1n) is 8.31. The van der Waals surface area contributed by atoms with Gasteiger partial charge in [0.05, 0.1) is 5.75 Å². The van der Waals surface area contributed by atoms with Crippen LogP contribution in [0.3, 0.4) is 0 Å². The van der Waals surface area contributed by atoms with Crippen LogP contribution in [0.2, 0.25) is 0 Å². The van der Waals surface area contributed by atoms with Gasteiger partial charge in [0.15, 0.2) is 0 Å². The van der Waals surface area contributed by atoms with Crippen molar-refractivity contribution in [2.45, 2.75) is 18.2 Å². The van der Waals surface area contributed by atoms with E-state index in [4.69, 9.17) is 0 Å². The van der Waals surface area contributed by atoms with Gasteiger partial charge in [-0.15, -0.1) is 11.8 Å². The summed E-state index contributed by atoms with van der Waals surface area (Å²) >= 11 is 1.52. The van der Waals surface area contributed by atoms with Crippen LogP contribution in [-0.4, -0.2) is 16.6 Å². The second-order valence-corrected chi connectivity index (χ2v) is 6.83. The van der Waals surface area contributed by atoms with Gasteiger partial charge in [0.25, 0.3) is 0 Å². The summed E-state index contributed by atoms with van der Waals surface area (Å²) in [6.07, 6.45) is 0.544. The average Bonchev–Trinajstić information content (AvgIpc) is 2.68. The molecule has 3 aromatic rings. The molecule has 0 aromatic heterocycles. The second kappa shape index (κ2) is 8.04. The molecule has 126 valence electrons. The van der Waals surface area contributed by atoms with Crippen LogP contribution in [0.4, 0.5) is 0 Å². The molecular weight excluding hydrogens is 328 g/mol. The molecule has 2 nitrogen and oxygen atoms in total. The largest absolute Gasteiger partial charge is 0.507 e. The number of ketones is 1. The van der Waals surface area contributed by atoms with Crippen molar-refractivity contribution in [3.63, 3.8) is 0 Å². The molecule has 0 atom stereocenters. The maximum absolute atomic E-state index is 11.7. The zero-order valence-corrected chi connectivity index (χ0v) is 14.9. The molecule has 0 aliphatic carbocycles. The molecule has 3 aromatic carbocycles. The molecule has 0 aliphatic rings. The highest BCUT2D eigenvalue weighted by molar-refractivity contribution is 8.00. The van der Waals surface area contributed by atoms with Crippen LogP contribution < -0.4 is 0 Å². The predicted octanol–water partition coefficient (Wildman–Crippen LogP) is 5.80. The number of thioether (sulfide) groups is 1. The van der Waals surface area contributed by atoms with E-state index >= 15 is 0 Å². The third kappa shape index (κ3) is 4.12. The van der Waals surface area contributed by atoms with Crippen LogP contribution in [0.25, 0.3) is 22.3 Å². The van der Waals surface area contributed by atoms with Crippen molar-refractivity contribution < 1.29 is 9.90 Å². The molecule has 0 unspecified atom stereocenters. The standard InChI is InChI=1S/C22H20O2S/c1-2-18(23)15-25-19-13-20(16-9-5-3-6-10-16)22(24)21(14-19)17-11-7-4-8-12-17/h3-14,24H,2,15H2,1H3. The fourth-order valence-corrected chi connectivity index (χ4v) is 3.57. The fourth-order valence-electron chi connectivity index (χ4n) is 2.63. The summed E-state index contributed by atoms with van der Waals surface area (Å²) in [6, 6.07) is 23.6. The topological polar surface area (TPSA) is 37.3 Å². The summed E-state index contributed by atoms with van der Waals surface area (Å²) in [5.41, 5.74) is 3.49. The van der Waals surface area contributed by atoms with E-state index in [1.54, 1.807) is 0 Å². The monoisotopic (exact) mass is 348 g/mol. The highest BCUT2D eigenvalue weighted by atomic mass is 32.2. The lowest BCUT2D eigenvalue weighted by Crippen LogP contribution is -1.98. The number of hydrogen-bond donors (Lipinski definition) is 1. The predicted molar refractivity (Wildman–Crippen MR) is 105 cm³/mol. The Morgan fingerprint density at radius 1 is 0.880 bits per heavy atom. The summed E-state index contributed by atoms with van der Waals surface area (Å²) in [5.74, 6) is 0.938. The Labute approximate surface area is 152 Å². The molecule has 0 saturated heterocycles. The van der Waals surface area contributed by atoms with E-state index in [1.165, 1.54) is 11.8 Å². The molecule has 0 fully saturated rings. The van der Waals surface area contributed by atoms with Crippen molar-refractivity contribution in [1.29, 1.82) is 0 Å². The summed E-state index contributed by atoms with van der Waals surface area (Å²) < 4.78 is 0. The lowest BCUT2D eigenvalue weighted by atomic mass is 9.97. The number of Topliss-reactive ketones (excluding diaryl/α,β-unsaturated/α-hetero) is 1. The molecule has 3 heteroatoms. The van der Waals surface area contributed by atoms with Crippen LogP contribution in [0.1, 0.15) is 13.3 Å². The van der Waals surface area contributed by atoms with Crippen molar-refractivity contribution in [2.75, 3.05) is 5.75 Å². The highest BCUT2D eigenvalue weighted by Crippen LogP contribution is 2.41. The molecule has 0 radical (unpaired) electrons. The van der Waals surface area contributed by atoms with Crippen LogP contribution in [0, 0.1) is 0 Å². The van der Waals surface area contributed by atoms with Crippen LogP contribution in [0.15, 0.2) is 77.7 Å². The first kappa shape index (κ1) is 17.3. The average molecular weight is 348 g/mol. The number of aromatic hydroxyl groups is 1. The normalized spacial score (nSPS) is 10.6. The number of benzene rings is 3. The van der Waals surface area contributed by atoms with E-state index in [0.29, 0.717) is 12.2 Å².